The largest absolute Gasteiger partial charge is 0.457 e. The lowest BCUT2D eigenvalue weighted by Gasteiger charge is -2.03. The summed E-state index contributed by atoms with van der Waals surface area (Å²) in [4.78, 5) is 11.6. The predicted molar refractivity (Wildman–Crippen MR) is 57.4 cm³/mol. The Labute approximate surface area is 94.5 Å². The molecule has 1 aromatic rings. The van der Waals surface area contributed by atoms with Crippen molar-refractivity contribution in [3.63, 3.8) is 0 Å². The summed E-state index contributed by atoms with van der Waals surface area (Å²) in [5.74, 6) is 0.604. The molecule has 0 aliphatic heterocycles. The van der Waals surface area contributed by atoms with Gasteiger partial charge < -0.3 is 13.9 Å². The maximum absolute atomic E-state index is 11.6. The Balaban J connectivity index is 1.75. The summed E-state index contributed by atoms with van der Waals surface area (Å²) in [6, 6.07) is 1.82. The van der Waals surface area contributed by atoms with Gasteiger partial charge in [-0.2, -0.15) is 0 Å². The van der Waals surface area contributed by atoms with Crippen molar-refractivity contribution in [1.29, 1.82) is 0 Å². The van der Waals surface area contributed by atoms with Crippen LogP contribution in [0.15, 0.2) is 10.5 Å². The molecule has 2 rings (SSSR count). The maximum Gasteiger partial charge on any atom is 0.374 e. The molecule has 0 amide bonds. The van der Waals surface area contributed by atoms with E-state index in [0.717, 1.165) is 24.2 Å². The van der Waals surface area contributed by atoms with E-state index < -0.39 is 5.97 Å². The summed E-state index contributed by atoms with van der Waals surface area (Å²) in [6.07, 6.45) is 2.65. The summed E-state index contributed by atoms with van der Waals surface area (Å²) in [7, 11) is 0. The van der Waals surface area contributed by atoms with Gasteiger partial charge in [0.1, 0.15) is 12.4 Å². The predicted octanol–water partition coefficient (Wildman–Crippen LogP) is 2.23. The van der Waals surface area contributed by atoms with Crippen molar-refractivity contribution in [2.75, 3.05) is 13.2 Å². The van der Waals surface area contributed by atoms with Gasteiger partial charge in [0, 0.05) is 5.56 Å². The van der Waals surface area contributed by atoms with Crippen molar-refractivity contribution >= 4 is 5.97 Å². The van der Waals surface area contributed by atoms with Crippen LogP contribution in [0.5, 0.6) is 0 Å². The van der Waals surface area contributed by atoms with Crippen molar-refractivity contribution in [2.45, 2.75) is 32.8 Å². The lowest BCUT2D eigenvalue weighted by Crippen LogP contribution is -2.11. The van der Waals surface area contributed by atoms with Crippen LogP contribution in [0.4, 0.5) is 0 Å². The van der Waals surface area contributed by atoms with Crippen LogP contribution in [0.2, 0.25) is 0 Å². The number of esters is 1. The van der Waals surface area contributed by atoms with Gasteiger partial charge in [-0.3, -0.25) is 0 Å². The van der Waals surface area contributed by atoms with Crippen LogP contribution in [0.25, 0.3) is 0 Å². The molecule has 1 aliphatic carbocycles. The second-order valence-electron chi connectivity index (χ2n) is 4.08. The van der Waals surface area contributed by atoms with Crippen LogP contribution in [-0.4, -0.2) is 25.3 Å². The first-order valence-corrected chi connectivity index (χ1v) is 5.52. The zero-order chi connectivity index (χ0) is 11.5. The van der Waals surface area contributed by atoms with Gasteiger partial charge in [0.2, 0.25) is 5.76 Å². The summed E-state index contributed by atoms with van der Waals surface area (Å²) in [5.41, 5.74) is 0.811. The van der Waals surface area contributed by atoms with Crippen LogP contribution in [0, 0.1) is 13.8 Å². The van der Waals surface area contributed by atoms with Crippen molar-refractivity contribution in [3.8, 4) is 0 Å². The van der Waals surface area contributed by atoms with Gasteiger partial charge in [-0.15, -0.1) is 0 Å². The first kappa shape index (κ1) is 11.2. The molecule has 4 heteroatoms. The SMILES string of the molecule is Cc1cc(C)c(C(=O)OCCOC2CC2)o1. The Hall–Kier alpha value is -1.29. The van der Waals surface area contributed by atoms with Crippen LogP contribution >= 0.6 is 0 Å². The number of hydrogen-bond donors (Lipinski definition) is 0. The van der Waals surface area contributed by atoms with Crippen molar-refractivity contribution in [2.24, 2.45) is 0 Å². The minimum absolute atomic E-state index is 0.286. The van der Waals surface area contributed by atoms with Crippen molar-refractivity contribution in [1.82, 2.24) is 0 Å². The Morgan fingerprint density at radius 3 is 2.75 bits per heavy atom. The molecular weight excluding hydrogens is 208 g/mol. The summed E-state index contributed by atoms with van der Waals surface area (Å²) in [5, 5.41) is 0. The molecule has 0 unspecified atom stereocenters. The van der Waals surface area contributed by atoms with E-state index in [2.05, 4.69) is 0 Å². The normalized spacial score (nSPS) is 15.1. The maximum atomic E-state index is 11.6. The van der Waals surface area contributed by atoms with E-state index in [9.17, 15) is 4.79 Å². The molecule has 0 aromatic carbocycles. The Morgan fingerprint density at radius 2 is 2.19 bits per heavy atom. The third kappa shape index (κ3) is 2.85. The second kappa shape index (κ2) is 4.70. The van der Waals surface area contributed by atoms with Gasteiger partial charge in [-0.25, -0.2) is 4.79 Å². The average Bonchev–Trinajstić information content (AvgIpc) is 2.98. The fraction of sp³-hybridized carbons (Fsp3) is 0.583. The van der Waals surface area contributed by atoms with Gasteiger partial charge in [-0.1, -0.05) is 0 Å². The first-order chi connectivity index (χ1) is 7.66. The monoisotopic (exact) mass is 224 g/mol. The quantitative estimate of drug-likeness (QED) is 0.568. The zero-order valence-electron chi connectivity index (χ0n) is 9.62. The fourth-order valence-electron chi connectivity index (χ4n) is 1.49. The van der Waals surface area contributed by atoms with Crippen LogP contribution in [-0.2, 0) is 9.47 Å². The highest BCUT2D eigenvalue weighted by Gasteiger charge is 2.22. The van der Waals surface area contributed by atoms with Crippen LogP contribution in [0.1, 0.15) is 34.7 Å². The molecule has 1 heterocycles. The Bertz CT molecular complexity index is 376. The molecule has 88 valence electrons. The molecular formula is C12H16O4. The summed E-state index contributed by atoms with van der Waals surface area (Å²) >= 11 is 0. The molecule has 0 bridgehead atoms. The van der Waals surface area contributed by atoms with Gasteiger partial charge in [0.05, 0.1) is 12.7 Å². The lowest BCUT2D eigenvalue weighted by atomic mass is 10.3. The van der Waals surface area contributed by atoms with Crippen LogP contribution < -0.4 is 0 Å². The number of carbonyl (C=O) groups excluding carboxylic acids is 1. The molecule has 1 fully saturated rings. The van der Waals surface area contributed by atoms with E-state index in [-0.39, 0.29) is 6.61 Å². The van der Waals surface area contributed by atoms with E-state index in [4.69, 9.17) is 13.9 Å². The highest BCUT2D eigenvalue weighted by Crippen LogP contribution is 2.23. The Kier molecular flexibility index (Phi) is 3.29. The highest BCUT2D eigenvalue weighted by molar-refractivity contribution is 5.87. The second-order valence-corrected chi connectivity index (χ2v) is 4.08. The van der Waals surface area contributed by atoms with Crippen molar-refractivity contribution < 1.29 is 18.7 Å². The number of rotatable bonds is 5. The standard InChI is InChI=1S/C12H16O4/c1-8-7-9(2)16-11(8)12(13)15-6-5-14-10-3-4-10/h7,10H,3-6H2,1-2H3. The number of hydrogen-bond acceptors (Lipinski definition) is 4. The minimum Gasteiger partial charge on any atom is -0.457 e. The topological polar surface area (TPSA) is 48.7 Å². The number of ether oxygens (including phenoxy) is 2. The molecule has 16 heavy (non-hydrogen) atoms. The first-order valence-electron chi connectivity index (χ1n) is 5.52. The van der Waals surface area contributed by atoms with E-state index >= 15 is 0 Å². The molecule has 0 atom stereocenters. The molecule has 0 saturated heterocycles. The third-order valence-corrected chi connectivity index (χ3v) is 2.42. The zero-order valence-corrected chi connectivity index (χ0v) is 9.62. The van der Waals surface area contributed by atoms with Gasteiger partial charge in [0.15, 0.2) is 0 Å². The van der Waals surface area contributed by atoms with Crippen molar-refractivity contribution in [3.05, 3.63) is 23.2 Å². The molecule has 4 nitrogen and oxygen atoms in total. The van der Waals surface area contributed by atoms with Gasteiger partial charge in [0.25, 0.3) is 0 Å². The number of furan rings is 1. The molecule has 1 aromatic heterocycles. The summed E-state index contributed by atoms with van der Waals surface area (Å²) in [6.45, 7) is 4.39. The van der Waals surface area contributed by atoms with E-state index in [1.54, 1.807) is 6.92 Å². The molecule has 1 aliphatic rings. The number of aryl methyl sites for hydroxylation is 2. The smallest absolute Gasteiger partial charge is 0.374 e. The Morgan fingerprint density at radius 1 is 1.44 bits per heavy atom. The summed E-state index contributed by atoms with van der Waals surface area (Å²) < 4.78 is 15.7. The van der Waals surface area contributed by atoms with E-state index in [0.29, 0.717) is 18.5 Å². The third-order valence-electron chi connectivity index (χ3n) is 2.42. The number of carbonyl (C=O) groups is 1. The van der Waals surface area contributed by atoms with Gasteiger partial charge >= 0.3 is 5.97 Å². The van der Waals surface area contributed by atoms with E-state index in [1.807, 2.05) is 13.0 Å². The molecule has 0 spiro atoms. The van der Waals surface area contributed by atoms with E-state index in [1.165, 1.54) is 0 Å². The molecule has 1 saturated carbocycles. The van der Waals surface area contributed by atoms with Crippen LogP contribution in [0.3, 0.4) is 0 Å². The lowest BCUT2D eigenvalue weighted by molar-refractivity contribution is 0.0256. The average molecular weight is 224 g/mol. The van der Waals surface area contributed by atoms with Gasteiger partial charge in [-0.05, 0) is 32.8 Å². The minimum atomic E-state index is -0.412. The highest BCUT2D eigenvalue weighted by atomic mass is 16.6. The molecule has 0 radical (unpaired) electrons. The molecule has 0 N–H and O–H groups in total. The fourth-order valence-corrected chi connectivity index (χ4v) is 1.49.